The predicted octanol–water partition coefficient (Wildman–Crippen LogP) is 2.27. The third-order valence-electron chi connectivity index (χ3n) is 4.56. The van der Waals surface area contributed by atoms with Crippen LogP contribution in [-0.4, -0.2) is 38.9 Å². The summed E-state index contributed by atoms with van der Waals surface area (Å²) in [6.45, 7) is 2.66. The summed E-state index contributed by atoms with van der Waals surface area (Å²) in [7, 11) is 0. The molecule has 1 aliphatic carbocycles. The van der Waals surface area contributed by atoms with Crippen molar-refractivity contribution in [1.82, 2.24) is 19.7 Å². The lowest BCUT2D eigenvalue weighted by Gasteiger charge is -2.42. The molecule has 5 heteroatoms. The molecule has 3 heterocycles. The van der Waals surface area contributed by atoms with Crippen LogP contribution in [0.1, 0.15) is 31.0 Å². The molecular weight excluding hydrogens is 264 g/mol. The molecular formula is C16H20N4O. The van der Waals surface area contributed by atoms with Gasteiger partial charge in [0.25, 0.3) is 0 Å². The molecule has 2 aromatic heterocycles. The Kier molecular flexibility index (Phi) is 3.35. The third kappa shape index (κ3) is 2.53. The normalized spacial score (nSPS) is 22.6. The molecule has 0 bridgehead atoms. The molecule has 21 heavy (non-hydrogen) atoms. The number of hydrogen-bond donors (Lipinski definition) is 0. The molecule has 1 atom stereocenters. The molecule has 1 aliphatic heterocycles. The van der Waals surface area contributed by atoms with Gasteiger partial charge in [0, 0.05) is 37.6 Å². The zero-order valence-electron chi connectivity index (χ0n) is 12.1. The smallest absolute Gasteiger partial charge is 0.213 e. The molecule has 110 valence electrons. The summed E-state index contributed by atoms with van der Waals surface area (Å²) in [6.07, 6.45) is 7.70. The minimum absolute atomic E-state index is 0.270. The van der Waals surface area contributed by atoms with Crippen LogP contribution < -0.4 is 4.74 Å². The second kappa shape index (κ2) is 5.48. The Morgan fingerprint density at radius 1 is 1.19 bits per heavy atom. The van der Waals surface area contributed by atoms with E-state index in [0.717, 1.165) is 19.1 Å². The molecule has 0 spiro atoms. The summed E-state index contributed by atoms with van der Waals surface area (Å²) < 4.78 is 7.98. The second-order valence-electron chi connectivity index (χ2n) is 5.91. The molecule has 5 nitrogen and oxygen atoms in total. The SMILES string of the molecule is c1ccc(OC[C@@H]2CN(C3CCC3)Cc3ccnn32)nc1. The average Bonchev–Trinajstić information content (AvgIpc) is 2.92. The van der Waals surface area contributed by atoms with Gasteiger partial charge < -0.3 is 4.74 Å². The third-order valence-corrected chi connectivity index (χ3v) is 4.56. The largest absolute Gasteiger partial charge is 0.475 e. The van der Waals surface area contributed by atoms with Gasteiger partial charge in [0.1, 0.15) is 6.61 Å². The molecule has 0 radical (unpaired) electrons. The van der Waals surface area contributed by atoms with Crippen LogP contribution in [-0.2, 0) is 6.54 Å². The Balaban J connectivity index is 1.48. The maximum atomic E-state index is 5.85. The summed E-state index contributed by atoms with van der Waals surface area (Å²) in [5.74, 6) is 0.687. The van der Waals surface area contributed by atoms with Crippen LogP contribution in [0.3, 0.4) is 0 Å². The van der Waals surface area contributed by atoms with Crippen molar-refractivity contribution in [3.63, 3.8) is 0 Å². The lowest BCUT2D eigenvalue weighted by molar-refractivity contribution is 0.0596. The van der Waals surface area contributed by atoms with Gasteiger partial charge in [0.2, 0.25) is 5.88 Å². The Bertz CT molecular complexity index is 593. The molecule has 2 aromatic rings. The van der Waals surface area contributed by atoms with Gasteiger partial charge in [-0.1, -0.05) is 12.5 Å². The van der Waals surface area contributed by atoms with Crippen molar-refractivity contribution in [2.45, 2.75) is 37.9 Å². The summed E-state index contributed by atoms with van der Waals surface area (Å²) >= 11 is 0. The molecule has 1 saturated carbocycles. The van der Waals surface area contributed by atoms with E-state index < -0.39 is 0 Å². The van der Waals surface area contributed by atoms with Gasteiger partial charge in [-0.2, -0.15) is 5.10 Å². The summed E-state index contributed by atoms with van der Waals surface area (Å²) in [4.78, 5) is 6.81. The van der Waals surface area contributed by atoms with Gasteiger partial charge in [-0.3, -0.25) is 9.58 Å². The van der Waals surface area contributed by atoms with Crippen LogP contribution in [0.15, 0.2) is 36.7 Å². The molecule has 4 rings (SSSR count). The average molecular weight is 284 g/mol. The molecule has 0 unspecified atom stereocenters. The Hall–Kier alpha value is -1.88. The summed E-state index contributed by atoms with van der Waals surface area (Å²) in [5.41, 5.74) is 1.29. The van der Waals surface area contributed by atoms with E-state index >= 15 is 0 Å². The minimum Gasteiger partial charge on any atom is -0.475 e. The number of rotatable bonds is 4. The highest BCUT2D eigenvalue weighted by Crippen LogP contribution is 2.30. The number of hydrogen-bond acceptors (Lipinski definition) is 4. The zero-order chi connectivity index (χ0) is 14.1. The summed E-state index contributed by atoms with van der Waals surface area (Å²) in [5, 5.41) is 4.48. The number of pyridine rings is 1. The summed E-state index contributed by atoms with van der Waals surface area (Å²) in [6, 6.07) is 8.90. The first-order valence-electron chi connectivity index (χ1n) is 7.70. The quantitative estimate of drug-likeness (QED) is 0.864. The van der Waals surface area contributed by atoms with Gasteiger partial charge in [0.05, 0.1) is 11.7 Å². The van der Waals surface area contributed by atoms with Crippen molar-refractivity contribution in [2.75, 3.05) is 13.2 Å². The minimum atomic E-state index is 0.270. The highest BCUT2D eigenvalue weighted by molar-refractivity contribution is 5.10. The van der Waals surface area contributed by atoms with Crippen molar-refractivity contribution in [1.29, 1.82) is 0 Å². The van der Waals surface area contributed by atoms with Crippen LogP contribution in [0.4, 0.5) is 0 Å². The molecule has 2 aliphatic rings. The second-order valence-corrected chi connectivity index (χ2v) is 5.91. The number of aromatic nitrogens is 3. The van der Waals surface area contributed by atoms with Gasteiger partial charge in [0.15, 0.2) is 0 Å². The van der Waals surface area contributed by atoms with Gasteiger partial charge in [-0.25, -0.2) is 4.98 Å². The topological polar surface area (TPSA) is 43.2 Å². The van der Waals surface area contributed by atoms with E-state index in [4.69, 9.17) is 4.74 Å². The number of fused-ring (bicyclic) bond motifs is 1. The van der Waals surface area contributed by atoms with E-state index in [-0.39, 0.29) is 6.04 Å². The lowest BCUT2D eigenvalue weighted by Crippen LogP contribution is -2.47. The Labute approximate surface area is 124 Å². The number of ether oxygens (including phenoxy) is 1. The van der Waals surface area contributed by atoms with E-state index in [9.17, 15) is 0 Å². The fourth-order valence-corrected chi connectivity index (χ4v) is 3.18. The van der Waals surface area contributed by atoms with Gasteiger partial charge in [-0.05, 0) is 25.0 Å². The first-order valence-corrected chi connectivity index (χ1v) is 7.70. The lowest BCUT2D eigenvalue weighted by atomic mass is 9.90. The molecule has 0 amide bonds. The van der Waals surface area contributed by atoms with Crippen molar-refractivity contribution in [3.05, 3.63) is 42.4 Å². The maximum absolute atomic E-state index is 5.85. The van der Waals surface area contributed by atoms with Crippen molar-refractivity contribution < 1.29 is 4.74 Å². The van der Waals surface area contributed by atoms with E-state index in [1.807, 2.05) is 24.4 Å². The van der Waals surface area contributed by atoms with E-state index in [1.54, 1.807) is 6.20 Å². The molecule has 0 aromatic carbocycles. The van der Waals surface area contributed by atoms with Gasteiger partial charge in [-0.15, -0.1) is 0 Å². The molecule has 0 N–H and O–H groups in total. The van der Waals surface area contributed by atoms with Crippen LogP contribution in [0.2, 0.25) is 0 Å². The fraction of sp³-hybridized carbons (Fsp3) is 0.500. The Morgan fingerprint density at radius 2 is 2.14 bits per heavy atom. The zero-order valence-corrected chi connectivity index (χ0v) is 12.1. The van der Waals surface area contributed by atoms with Crippen molar-refractivity contribution in [3.8, 4) is 5.88 Å². The van der Waals surface area contributed by atoms with Crippen molar-refractivity contribution >= 4 is 0 Å². The van der Waals surface area contributed by atoms with E-state index in [1.165, 1.54) is 25.0 Å². The van der Waals surface area contributed by atoms with Crippen LogP contribution >= 0.6 is 0 Å². The first kappa shape index (κ1) is 12.8. The van der Waals surface area contributed by atoms with E-state index in [2.05, 4.69) is 25.7 Å². The highest BCUT2D eigenvalue weighted by Gasteiger charge is 2.32. The van der Waals surface area contributed by atoms with Crippen LogP contribution in [0.5, 0.6) is 5.88 Å². The van der Waals surface area contributed by atoms with E-state index in [0.29, 0.717) is 12.5 Å². The monoisotopic (exact) mass is 284 g/mol. The molecule has 0 saturated heterocycles. The fourth-order valence-electron chi connectivity index (χ4n) is 3.18. The van der Waals surface area contributed by atoms with Crippen molar-refractivity contribution in [2.24, 2.45) is 0 Å². The first-order chi connectivity index (χ1) is 10.4. The molecule has 1 fully saturated rings. The van der Waals surface area contributed by atoms with Gasteiger partial charge >= 0.3 is 0 Å². The van der Waals surface area contributed by atoms with Crippen LogP contribution in [0, 0.1) is 0 Å². The Morgan fingerprint density at radius 3 is 2.90 bits per heavy atom. The predicted molar refractivity (Wildman–Crippen MR) is 79.0 cm³/mol. The standard InChI is InChI=1S/C16H20N4O/c1-2-8-17-16(6-1)21-12-15-11-19(13-4-3-5-13)10-14-7-9-18-20(14)15/h1-2,6-9,13,15H,3-5,10-12H2/t15-/m0/s1. The number of nitrogens with zero attached hydrogens (tertiary/aromatic N) is 4. The maximum Gasteiger partial charge on any atom is 0.213 e. The van der Waals surface area contributed by atoms with Crippen LogP contribution in [0.25, 0.3) is 0 Å². The highest BCUT2D eigenvalue weighted by atomic mass is 16.5.